The number of nitrogens with one attached hydrogen (secondary N) is 1. The van der Waals surface area contributed by atoms with Crippen molar-refractivity contribution in [3.05, 3.63) is 35.6 Å². The van der Waals surface area contributed by atoms with Crippen molar-refractivity contribution in [3.63, 3.8) is 0 Å². The fraction of sp³-hybridized carbons (Fsp3) is 0.667. The first-order valence-electron chi connectivity index (χ1n) is 7.88. The molecule has 0 fully saturated rings. The van der Waals surface area contributed by atoms with Crippen LogP contribution in [0.15, 0.2) is 24.3 Å². The molecule has 2 nitrogen and oxygen atoms in total. The van der Waals surface area contributed by atoms with Crippen molar-refractivity contribution in [2.75, 3.05) is 13.2 Å². The summed E-state index contributed by atoms with van der Waals surface area (Å²) in [6.07, 6.45) is 1.69. The van der Waals surface area contributed by atoms with Crippen LogP contribution in [0.4, 0.5) is 4.39 Å². The number of ether oxygens (including phenoxy) is 1. The van der Waals surface area contributed by atoms with Gasteiger partial charge in [0.15, 0.2) is 0 Å². The molecule has 120 valence electrons. The monoisotopic (exact) mass is 295 g/mol. The van der Waals surface area contributed by atoms with E-state index in [1.54, 1.807) is 6.07 Å². The van der Waals surface area contributed by atoms with Gasteiger partial charge < -0.3 is 10.1 Å². The van der Waals surface area contributed by atoms with Gasteiger partial charge in [-0.3, -0.25) is 0 Å². The molecule has 0 heterocycles. The van der Waals surface area contributed by atoms with Crippen LogP contribution in [0, 0.1) is 11.7 Å². The molecule has 1 aromatic carbocycles. The lowest BCUT2D eigenvalue weighted by Gasteiger charge is -2.23. The Balaban J connectivity index is 2.57. The number of hydrogen-bond acceptors (Lipinski definition) is 2. The number of hydrogen-bond donors (Lipinski definition) is 1. The minimum absolute atomic E-state index is 0.108. The normalized spacial score (nSPS) is 13.7. The summed E-state index contributed by atoms with van der Waals surface area (Å²) in [5.41, 5.74) is 0.678. The van der Waals surface area contributed by atoms with Crippen LogP contribution in [0.2, 0.25) is 0 Å². The Labute approximate surface area is 129 Å². The first-order valence-corrected chi connectivity index (χ1v) is 7.88. The molecule has 1 N–H and O–H groups in total. The Hall–Kier alpha value is -0.930. The van der Waals surface area contributed by atoms with Gasteiger partial charge >= 0.3 is 0 Å². The lowest BCUT2D eigenvalue weighted by atomic mass is 9.95. The standard InChI is InChI=1S/C18H30FNO/c1-14(2)20-13-15(10-11-21-18(3,4)5)12-16-8-6-7-9-17(16)19/h6-9,14-15,20H,10-13H2,1-5H3. The third-order valence-corrected chi connectivity index (χ3v) is 3.34. The van der Waals surface area contributed by atoms with Crippen LogP contribution in [0.5, 0.6) is 0 Å². The van der Waals surface area contributed by atoms with E-state index in [9.17, 15) is 4.39 Å². The molecule has 3 heteroatoms. The Morgan fingerprint density at radius 3 is 2.43 bits per heavy atom. The van der Waals surface area contributed by atoms with Crippen LogP contribution < -0.4 is 5.32 Å². The van der Waals surface area contributed by atoms with Gasteiger partial charge in [-0.05, 0) is 57.7 Å². The zero-order chi connectivity index (χ0) is 15.9. The fourth-order valence-corrected chi connectivity index (χ4v) is 2.19. The van der Waals surface area contributed by atoms with Crippen molar-refractivity contribution in [3.8, 4) is 0 Å². The van der Waals surface area contributed by atoms with Crippen molar-refractivity contribution >= 4 is 0 Å². The van der Waals surface area contributed by atoms with Crippen molar-refractivity contribution in [1.82, 2.24) is 5.32 Å². The Morgan fingerprint density at radius 1 is 1.19 bits per heavy atom. The maximum Gasteiger partial charge on any atom is 0.126 e. The average molecular weight is 295 g/mol. The van der Waals surface area contributed by atoms with Crippen LogP contribution >= 0.6 is 0 Å². The van der Waals surface area contributed by atoms with E-state index in [1.807, 2.05) is 12.1 Å². The van der Waals surface area contributed by atoms with E-state index in [1.165, 1.54) is 6.07 Å². The Kier molecular flexibility index (Phi) is 7.33. The van der Waals surface area contributed by atoms with Crippen molar-refractivity contribution in [1.29, 1.82) is 0 Å². The molecule has 0 bridgehead atoms. The predicted octanol–water partition coefficient (Wildman–Crippen LogP) is 4.19. The van der Waals surface area contributed by atoms with E-state index >= 15 is 0 Å². The highest BCUT2D eigenvalue weighted by Crippen LogP contribution is 2.17. The molecule has 0 saturated carbocycles. The third-order valence-electron chi connectivity index (χ3n) is 3.34. The molecule has 0 saturated heterocycles. The quantitative estimate of drug-likeness (QED) is 0.776. The van der Waals surface area contributed by atoms with Crippen molar-refractivity contribution in [2.45, 2.75) is 59.1 Å². The second-order valence-corrected chi connectivity index (χ2v) is 6.97. The van der Waals surface area contributed by atoms with Gasteiger partial charge in [0.1, 0.15) is 5.82 Å². The van der Waals surface area contributed by atoms with Gasteiger partial charge in [0.2, 0.25) is 0 Å². The molecule has 1 rings (SSSR count). The van der Waals surface area contributed by atoms with Gasteiger partial charge in [0.05, 0.1) is 5.60 Å². The number of rotatable bonds is 8. The van der Waals surface area contributed by atoms with Crippen LogP contribution in [-0.4, -0.2) is 24.8 Å². The maximum absolute atomic E-state index is 13.8. The van der Waals surface area contributed by atoms with Gasteiger partial charge in [0.25, 0.3) is 0 Å². The van der Waals surface area contributed by atoms with E-state index in [0.717, 1.165) is 24.9 Å². The summed E-state index contributed by atoms with van der Waals surface area (Å²) < 4.78 is 19.6. The molecular weight excluding hydrogens is 265 g/mol. The van der Waals surface area contributed by atoms with E-state index in [-0.39, 0.29) is 11.4 Å². The summed E-state index contributed by atoms with van der Waals surface area (Å²) in [5, 5.41) is 3.45. The van der Waals surface area contributed by atoms with Gasteiger partial charge in [-0.2, -0.15) is 0 Å². The summed E-state index contributed by atoms with van der Waals surface area (Å²) >= 11 is 0. The van der Waals surface area contributed by atoms with Gasteiger partial charge in [0, 0.05) is 12.6 Å². The summed E-state index contributed by atoms with van der Waals surface area (Å²) in [4.78, 5) is 0. The molecule has 0 aliphatic heterocycles. The topological polar surface area (TPSA) is 21.3 Å². The Morgan fingerprint density at radius 2 is 1.86 bits per heavy atom. The number of benzene rings is 1. The summed E-state index contributed by atoms with van der Waals surface area (Å²) in [7, 11) is 0. The molecular formula is C18H30FNO. The second-order valence-electron chi connectivity index (χ2n) is 6.97. The maximum atomic E-state index is 13.8. The summed E-state index contributed by atoms with van der Waals surface area (Å²) in [6, 6.07) is 7.49. The van der Waals surface area contributed by atoms with E-state index in [2.05, 4.69) is 39.9 Å². The lowest BCUT2D eigenvalue weighted by molar-refractivity contribution is -0.00931. The highest BCUT2D eigenvalue weighted by Gasteiger charge is 2.15. The highest BCUT2D eigenvalue weighted by atomic mass is 19.1. The third kappa shape index (κ3) is 8.18. The SMILES string of the molecule is CC(C)NCC(CCOC(C)(C)C)Cc1ccccc1F. The van der Waals surface area contributed by atoms with E-state index in [0.29, 0.717) is 18.6 Å². The largest absolute Gasteiger partial charge is 0.376 e. The molecule has 0 aromatic heterocycles. The first kappa shape index (κ1) is 18.1. The van der Waals surface area contributed by atoms with Crippen LogP contribution in [0.1, 0.15) is 46.6 Å². The molecule has 1 atom stereocenters. The Bertz CT molecular complexity index is 412. The smallest absolute Gasteiger partial charge is 0.126 e. The van der Waals surface area contributed by atoms with E-state index in [4.69, 9.17) is 4.74 Å². The van der Waals surface area contributed by atoms with Gasteiger partial charge in [-0.25, -0.2) is 4.39 Å². The molecule has 1 unspecified atom stereocenters. The van der Waals surface area contributed by atoms with Crippen molar-refractivity contribution < 1.29 is 9.13 Å². The molecule has 0 aliphatic carbocycles. The molecule has 0 spiro atoms. The average Bonchev–Trinajstić information content (AvgIpc) is 2.36. The molecule has 0 amide bonds. The molecule has 21 heavy (non-hydrogen) atoms. The van der Waals surface area contributed by atoms with Crippen molar-refractivity contribution in [2.24, 2.45) is 5.92 Å². The zero-order valence-corrected chi connectivity index (χ0v) is 14.1. The molecule has 0 radical (unpaired) electrons. The first-order chi connectivity index (χ1) is 9.78. The zero-order valence-electron chi connectivity index (χ0n) is 14.1. The summed E-state index contributed by atoms with van der Waals surface area (Å²) in [6.45, 7) is 12.0. The summed E-state index contributed by atoms with van der Waals surface area (Å²) in [5.74, 6) is 0.274. The highest BCUT2D eigenvalue weighted by molar-refractivity contribution is 5.17. The molecule has 0 aliphatic rings. The predicted molar refractivity (Wildman–Crippen MR) is 87.1 cm³/mol. The number of halogens is 1. The van der Waals surface area contributed by atoms with Crippen LogP contribution in [0.25, 0.3) is 0 Å². The van der Waals surface area contributed by atoms with Gasteiger partial charge in [-0.15, -0.1) is 0 Å². The fourth-order valence-electron chi connectivity index (χ4n) is 2.19. The van der Waals surface area contributed by atoms with E-state index < -0.39 is 0 Å². The van der Waals surface area contributed by atoms with Crippen LogP contribution in [0.3, 0.4) is 0 Å². The van der Waals surface area contributed by atoms with Gasteiger partial charge in [-0.1, -0.05) is 32.0 Å². The minimum Gasteiger partial charge on any atom is -0.376 e. The minimum atomic E-state index is -0.117. The lowest BCUT2D eigenvalue weighted by Crippen LogP contribution is -2.31. The second kappa shape index (κ2) is 8.50. The van der Waals surface area contributed by atoms with Crippen LogP contribution in [-0.2, 0) is 11.2 Å². The molecule has 1 aromatic rings.